The average Bonchev–Trinajstić information content (AvgIpc) is 2.86. The number of amides is 1. The highest BCUT2D eigenvalue weighted by Gasteiger charge is 2.27. The van der Waals surface area contributed by atoms with Crippen LogP contribution in [0, 0.1) is 0 Å². The maximum atomic E-state index is 12.5. The molecule has 94 valence electrons. The number of thiophene rings is 1. The Morgan fingerprint density at radius 2 is 2.41 bits per heavy atom. The smallest absolute Gasteiger partial charge is 0.264 e. The molecular formula is C13H20N2OS. The first-order chi connectivity index (χ1) is 8.27. The van der Waals surface area contributed by atoms with Crippen LogP contribution < -0.4 is 5.73 Å². The van der Waals surface area contributed by atoms with Crippen LogP contribution in [-0.2, 0) is 6.42 Å². The number of nitrogens with two attached hydrogens (primary N) is 1. The van der Waals surface area contributed by atoms with Gasteiger partial charge in [-0.25, -0.2) is 0 Å². The first-order valence-corrected chi connectivity index (χ1v) is 7.23. The summed E-state index contributed by atoms with van der Waals surface area (Å²) in [5.41, 5.74) is 6.93. The minimum Gasteiger partial charge on any atom is -0.334 e. The normalized spacial score (nSPS) is 20.6. The summed E-state index contributed by atoms with van der Waals surface area (Å²) in [6, 6.07) is 2.29. The Labute approximate surface area is 107 Å². The molecule has 0 bridgehead atoms. The lowest BCUT2D eigenvalue weighted by Crippen LogP contribution is -2.47. The van der Waals surface area contributed by atoms with Gasteiger partial charge < -0.3 is 10.6 Å². The van der Waals surface area contributed by atoms with Gasteiger partial charge in [0.05, 0.1) is 4.88 Å². The van der Waals surface area contributed by atoms with Crippen LogP contribution in [0.1, 0.15) is 41.4 Å². The number of nitrogens with zero attached hydrogens (tertiary/aromatic N) is 1. The van der Waals surface area contributed by atoms with Gasteiger partial charge in [0.25, 0.3) is 5.91 Å². The molecule has 1 saturated heterocycles. The van der Waals surface area contributed by atoms with E-state index in [-0.39, 0.29) is 11.9 Å². The van der Waals surface area contributed by atoms with E-state index in [4.69, 9.17) is 5.73 Å². The number of hydrogen-bond donors (Lipinski definition) is 1. The highest BCUT2D eigenvalue weighted by atomic mass is 32.1. The fourth-order valence-corrected chi connectivity index (χ4v) is 3.40. The van der Waals surface area contributed by atoms with E-state index in [1.807, 2.05) is 10.3 Å². The molecule has 17 heavy (non-hydrogen) atoms. The Kier molecular flexibility index (Phi) is 4.18. The number of aryl methyl sites for hydroxylation is 1. The zero-order valence-corrected chi connectivity index (χ0v) is 11.1. The van der Waals surface area contributed by atoms with E-state index in [1.54, 1.807) is 11.3 Å². The largest absolute Gasteiger partial charge is 0.334 e. The van der Waals surface area contributed by atoms with Crippen molar-refractivity contribution in [1.82, 2.24) is 4.90 Å². The van der Waals surface area contributed by atoms with E-state index in [1.165, 1.54) is 12.0 Å². The van der Waals surface area contributed by atoms with E-state index in [0.717, 1.165) is 30.7 Å². The highest BCUT2D eigenvalue weighted by molar-refractivity contribution is 7.12. The van der Waals surface area contributed by atoms with E-state index < -0.39 is 0 Å². The summed E-state index contributed by atoms with van der Waals surface area (Å²) in [4.78, 5) is 15.4. The molecule has 1 aliphatic rings. The molecule has 1 aromatic rings. The fraction of sp³-hybridized carbons (Fsp3) is 0.615. The monoisotopic (exact) mass is 252 g/mol. The molecule has 0 aliphatic carbocycles. The molecule has 1 atom stereocenters. The molecule has 2 rings (SSSR count). The number of likely N-dealkylation sites (tertiary alicyclic amines) is 1. The third kappa shape index (κ3) is 2.53. The van der Waals surface area contributed by atoms with Crippen molar-refractivity contribution in [2.75, 3.05) is 13.1 Å². The SMILES string of the molecule is CCc1ccsc1C(=O)N1CCCC[C@@H]1CN. The molecule has 1 aromatic heterocycles. The van der Waals surface area contributed by atoms with Gasteiger partial charge in [-0.1, -0.05) is 6.92 Å². The maximum absolute atomic E-state index is 12.5. The van der Waals surface area contributed by atoms with Crippen LogP contribution in [-0.4, -0.2) is 29.9 Å². The first kappa shape index (κ1) is 12.6. The molecule has 0 radical (unpaired) electrons. The van der Waals surface area contributed by atoms with Gasteiger partial charge >= 0.3 is 0 Å². The molecule has 0 saturated carbocycles. The third-order valence-electron chi connectivity index (χ3n) is 3.48. The average molecular weight is 252 g/mol. The quantitative estimate of drug-likeness (QED) is 0.897. The van der Waals surface area contributed by atoms with Crippen LogP contribution in [0.3, 0.4) is 0 Å². The van der Waals surface area contributed by atoms with Gasteiger partial charge in [-0.3, -0.25) is 4.79 Å². The van der Waals surface area contributed by atoms with Crippen LogP contribution in [0.4, 0.5) is 0 Å². The van der Waals surface area contributed by atoms with Crippen molar-refractivity contribution in [1.29, 1.82) is 0 Å². The number of carbonyl (C=O) groups excluding carboxylic acids is 1. The molecule has 1 fully saturated rings. The van der Waals surface area contributed by atoms with Crippen molar-refractivity contribution < 1.29 is 4.79 Å². The molecule has 0 unspecified atom stereocenters. The molecule has 0 spiro atoms. The Morgan fingerprint density at radius 1 is 1.59 bits per heavy atom. The standard InChI is InChI=1S/C13H20N2OS/c1-2-10-6-8-17-12(10)13(16)15-7-4-3-5-11(15)9-14/h6,8,11H,2-5,7,9,14H2,1H3/t11-/m1/s1. The van der Waals surface area contributed by atoms with Crippen LogP contribution in [0.2, 0.25) is 0 Å². The second kappa shape index (κ2) is 5.65. The van der Waals surface area contributed by atoms with Gasteiger partial charge in [-0.05, 0) is 42.7 Å². The van der Waals surface area contributed by atoms with Gasteiger partial charge in [0, 0.05) is 19.1 Å². The van der Waals surface area contributed by atoms with Crippen LogP contribution in [0.5, 0.6) is 0 Å². The van der Waals surface area contributed by atoms with Crippen molar-refractivity contribution in [3.8, 4) is 0 Å². The molecule has 2 heterocycles. The Morgan fingerprint density at radius 3 is 3.12 bits per heavy atom. The molecule has 2 N–H and O–H groups in total. The van der Waals surface area contributed by atoms with E-state index in [2.05, 4.69) is 13.0 Å². The van der Waals surface area contributed by atoms with E-state index in [0.29, 0.717) is 6.54 Å². The lowest BCUT2D eigenvalue weighted by atomic mass is 10.0. The van der Waals surface area contributed by atoms with Crippen molar-refractivity contribution >= 4 is 17.2 Å². The van der Waals surface area contributed by atoms with Crippen molar-refractivity contribution in [3.05, 3.63) is 21.9 Å². The Bertz CT molecular complexity index is 389. The predicted molar refractivity (Wildman–Crippen MR) is 71.4 cm³/mol. The van der Waals surface area contributed by atoms with E-state index in [9.17, 15) is 4.79 Å². The predicted octanol–water partition coefficient (Wildman–Crippen LogP) is 2.26. The zero-order chi connectivity index (χ0) is 12.3. The minimum atomic E-state index is 0.187. The Balaban J connectivity index is 2.18. The molecule has 1 amide bonds. The Hall–Kier alpha value is -0.870. The maximum Gasteiger partial charge on any atom is 0.264 e. The second-order valence-corrected chi connectivity index (χ2v) is 5.43. The van der Waals surface area contributed by atoms with Gasteiger partial charge in [-0.15, -0.1) is 11.3 Å². The van der Waals surface area contributed by atoms with Crippen LogP contribution >= 0.6 is 11.3 Å². The number of hydrogen-bond acceptors (Lipinski definition) is 3. The molecule has 4 heteroatoms. The van der Waals surface area contributed by atoms with Crippen LogP contribution in [0.15, 0.2) is 11.4 Å². The van der Waals surface area contributed by atoms with E-state index >= 15 is 0 Å². The van der Waals surface area contributed by atoms with Gasteiger partial charge in [0.15, 0.2) is 0 Å². The fourth-order valence-electron chi connectivity index (χ4n) is 2.45. The number of piperidine rings is 1. The van der Waals surface area contributed by atoms with Gasteiger partial charge in [0.2, 0.25) is 0 Å². The summed E-state index contributed by atoms with van der Waals surface area (Å²) in [7, 11) is 0. The minimum absolute atomic E-state index is 0.187. The van der Waals surface area contributed by atoms with Crippen molar-refractivity contribution in [2.45, 2.75) is 38.6 Å². The second-order valence-electron chi connectivity index (χ2n) is 4.51. The van der Waals surface area contributed by atoms with Crippen LogP contribution in [0.25, 0.3) is 0 Å². The molecule has 0 aromatic carbocycles. The summed E-state index contributed by atoms with van der Waals surface area (Å²) in [5, 5.41) is 2.01. The third-order valence-corrected chi connectivity index (χ3v) is 4.43. The molecule has 1 aliphatic heterocycles. The lowest BCUT2D eigenvalue weighted by molar-refractivity contribution is 0.0627. The number of carbonyl (C=O) groups is 1. The van der Waals surface area contributed by atoms with Gasteiger partial charge in [-0.2, -0.15) is 0 Å². The van der Waals surface area contributed by atoms with Crippen molar-refractivity contribution in [2.24, 2.45) is 5.73 Å². The topological polar surface area (TPSA) is 46.3 Å². The first-order valence-electron chi connectivity index (χ1n) is 6.35. The van der Waals surface area contributed by atoms with Crippen molar-refractivity contribution in [3.63, 3.8) is 0 Å². The summed E-state index contributed by atoms with van der Waals surface area (Å²) in [5.74, 6) is 0.187. The summed E-state index contributed by atoms with van der Waals surface area (Å²) in [6.45, 7) is 3.54. The number of rotatable bonds is 3. The summed E-state index contributed by atoms with van der Waals surface area (Å²) in [6.07, 6.45) is 4.27. The van der Waals surface area contributed by atoms with Gasteiger partial charge in [0.1, 0.15) is 0 Å². The summed E-state index contributed by atoms with van der Waals surface area (Å²) < 4.78 is 0. The molecule has 3 nitrogen and oxygen atoms in total. The zero-order valence-electron chi connectivity index (χ0n) is 10.3. The summed E-state index contributed by atoms with van der Waals surface area (Å²) >= 11 is 1.56. The molecular weight excluding hydrogens is 232 g/mol. The lowest BCUT2D eigenvalue weighted by Gasteiger charge is -2.35. The highest BCUT2D eigenvalue weighted by Crippen LogP contribution is 2.24.